The zero-order valence-electron chi connectivity index (χ0n) is 12.3. The Morgan fingerprint density at radius 3 is 2.67 bits per heavy atom. The normalized spacial score (nSPS) is 12.6. The Hall–Kier alpha value is -2.84. The summed E-state index contributed by atoms with van der Waals surface area (Å²) >= 11 is 0. The van der Waals surface area contributed by atoms with Crippen molar-refractivity contribution in [3.63, 3.8) is 0 Å². The van der Waals surface area contributed by atoms with Crippen molar-refractivity contribution in [1.29, 1.82) is 0 Å². The first-order valence-electron chi connectivity index (χ1n) is 6.91. The van der Waals surface area contributed by atoms with Gasteiger partial charge in [-0.25, -0.2) is 9.78 Å². The predicted octanol–water partition coefficient (Wildman–Crippen LogP) is 1.78. The molecule has 0 spiro atoms. The third kappa shape index (κ3) is 4.83. The molecule has 6 nitrogen and oxygen atoms in total. The number of nitrogens with zero attached hydrogens (tertiary/aromatic N) is 1. The molecule has 1 amide bonds. The second kappa shape index (κ2) is 7.16. The molecule has 24 heavy (non-hydrogen) atoms. The summed E-state index contributed by atoms with van der Waals surface area (Å²) < 4.78 is 37.9. The monoisotopic (exact) mass is 341 g/mol. The number of carboxylic acid groups (broad SMARTS) is 1. The van der Waals surface area contributed by atoms with Crippen LogP contribution >= 0.6 is 0 Å². The molecule has 0 aliphatic heterocycles. The average Bonchev–Trinajstić information content (AvgIpc) is 2.99. The lowest BCUT2D eigenvalue weighted by Gasteiger charge is -2.14. The minimum absolute atomic E-state index is 0.0103. The Morgan fingerprint density at radius 1 is 1.33 bits per heavy atom. The molecule has 1 aromatic carbocycles. The number of H-pyrrole nitrogens is 1. The van der Waals surface area contributed by atoms with Crippen LogP contribution in [0.4, 0.5) is 13.2 Å². The zero-order valence-corrected chi connectivity index (χ0v) is 12.3. The molecule has 1 aromatic heterocycles. The lowest BCUT2D eigenvalue weighted by Crippen LogP contribution is -2.43. The highest BCUT2D eigenvalue weighted by Crippen LogP contribution is 2.29. The minimum atomic E-state index is -4.50. The molecule has 0 saturated heterocycles. The lowest BCUT2D eigenvalue weighted by molar-refractivity contribution is -0.141. The van der Waals surface area contributed by atoms with Crippen molar-refractivity contribution in [1.82, 2.24) is 15.3 Å². The van der Waals surface area contributed by atoms with Crippen molar-refractivity contribution in [2.45, 2.75) is 25.1 Å². The number of carboxylic acids is 1. The lowest BCUT2D eigenvalue weighted by atomic mass is 10.1. The first-order valence-corrected chi connectivity index (χ1v) is 6.91. The Morgan fingerprint density at radius 2 is 2.08 bits per heavy atom. The van der Waals surface area contributed by atoms with Crippen LogP contribution < -0.4 is 5.32 Å². The van der Waals surface area contributed by atoms with Crippen molar-refractivity contribution in [2.24, 2.45) is 0 Å². The second-order valence-electron chi connectivity index (χ2n) is 5.11. The number of carbonyl (C=O) groups is 2. The van der Waals surface area contributed by atoms with Gasteiger partial charge in [-0.1, -0.05) is 18.2 Å². The Bertz CT molecular complexity index is 714. The highest BCUT2D eigenvalue weighted by Gasteiger charge is 2.30. The number of amides is 1. The van der Waals surface area contributed by atoms with Gasteiger partial charge in [-0.2, -0.15) is 13.2 Å². The quantitative estimate of drug-likeness (QED) is 0.746. The molecule has 0 unspecified atom stereocenters. The van der Waals surface area contributed by atoms with Gasteiger partial charge < -0.3 is 15.4 Å². The molecule has 0 aliphatic rings. The molecular weight excluding hydrogens is 327 g/mol. The van der Waals surface area contributed by atoms with E-state index in [1.54, 1.807) is 0 Å². The predicted molar refractivity (Wildman–Crippen MR) is 77.0 cm³/mol. The summed E-state index contributed by atoms with van der Waals surface area (Å²) in [6.45, 7) is 0. The molecule has 2 aromatic rings. The van der Waals surface area contributed by atoms with E-state index in [-0.39, 0.29) is 18.4 Å². The van der Waals surface area contributed by atoms with Gasteiger partial charge in [-0.15, -0.1) is 0 Å². The molecule has 0 bridgehead atoms. The summed E-state index contributed by atoms with van der Waals surface area (Å²) in [6.07, 6.45) is -2.06. The van der Waals surface area contributed by atoms with Gasteiger partial charge in [0.25, 0.3) is 0 Å². The molecule has 0 aliphatic carbocycles. The summed E-state index contributed by atoms with van der Waals surface area (Å²) in [5, 5.41) is 11.4. The Labute approximate surface area is 134 Å². The van der Waals surface area contributed by atoms with Gasteiger partial charge in [0.1, 0.15) is 6.04 Å². The number of imidazole rings is 1. The third-order valence-corrected chi connectivity index (χ3v) is 3.23. The van der Waals surface area contributed by atoms with Gasteiger partial charge in [-0.05, 0) is 11.6 Å². The molecule has 0 saturated carbocycles. The Balaban J connectivity index is 2.02. The molecular formula is C15H14F3N3O3. The standard InChI is InChI=1S/C15H14F3N3O3/c16-15(17,18)10-3-1-2-9(4-10)5-13(22)21-12(14(23)24)6-11-7-19-8-20-11/h1-4,7-8,12H,5-6H2,(H,19,20)(H,21,22)(H,23,24)/t12-/m0/s1. The van der Waals surface area contributed by atoms with E-state index < -0.39 is 29.7 Å². The number of aromatic nitrogens is 2. The maximum Gasteiger partial charge on any atom is 0.416 e. The van der Waals surface area contributed by atoms with Crippen LogP contribution in [0.5, 0.6) is 0 Å². The summed E-state index contributed by atoms with van der Waals surface area (Å²) in [6, 6.07) is 3.14. The van der Waals surface area contributed by atoms with Crippen LogP contribution in [0.2, 0.25) is 0 Å². The molecule has 0 radical (unpaired) electrons. The maximum atomic E-state index is 12.6. The molecule has 3 N–H and O–H groups in total. The van der Waals surface area contributed by atoms with E-state index in [4.69, 9.17) is 5.11 Å². The number of benzene rings is 1. The zero-order chi connectivity index (χ0) is 17.7. The number of carbonyl (C=O) groups excluding carboxylic acids is 1. The van der Waals surface area contributed by atoms with Crippen molar-refractivity contribution < 1.29 is 27.9 Å². The SMILES string of the molecule is O=C(Cc1cccc(C(F)(F)F)c1)N[C@@H](Cc1cnc[nH]1)C(=O)O. The van der Waals surface area contributed by atoms with Crippen LogP contribution in [0.15, 0.2) is 36.8 Å². The van der Waals surface area contributed by atoms with E-state index in [2.05, 4.69) is 15.3 Å². The van der Waals surface area contributed by atoms with Crippen LogP contribution in [0.25, 0.3) is 0 Å². The van der Waals surface area contributed by atoms with Crippen LogP contribution in [0.1, 0.15) is 16.8 Å². The van der Waals surface area contributed by atoms with Gasteiger partial charge in [-0.3, -0.25) is 4.79 Å². The maximum absolute atomic E-state index is 12.6. The fraction of sp³-hybridized carbons (Fsp3) is 0.267. The van der Waals surface area contributed by atoms with Gasteiger partial charge in [0.15, 0.2) is 0 Å². The van der Waals surface area contributed by atoms with E-state index in [1.165, 1.54) is 24.7 Å². The van der Waals surface area contributed by atoms with Crippen molar-refractivity contribution in [3.05, 3.63) is 53.6 Å². The van der Waals surface area contributed by atoms with E-state index >= 15 is 0 Å². The largest absolute Gasteiger partial charge is 0.480 e. The summed E-state index contributed by atoms with van der Waals surface area (Å²) in [5.41, 5.74) is -0.199. The van der Waals surface area contributed by atoms with Gasteiger partial charge >= 0.3 is 12.1 Å². The molecule has 9 heteroatoms. The van der Waals surface area contributed by atoms with Gasteiger partial charge in [0, 0.05) is 18.3 Å². The van der Waals surface area contributed by atoms with Crippen molar-refractivity contribution in [2.75, 3.05) is 0 Å². The average molecular weight is 341 g/mol. The number of alkyl halides is 3. The van der Waals surface area contributed by atoms with Crippen molar-refractivity contribution in [3.8, 4) is 0 Å². The van der Waals surface area contributed by atoms with E-state index in [0.29, 0.717) is 5.69 Å². The molecule has 1 atom stereocenters. The number of nitrogens with one attached hydrogen (secondary N) is 2. The molecule has 2 rings (SSSR count). The number of aliphatic carboxylic acids is 1. The number of rotatable bonds is 6. The third-order valence-electron chi connectivity index (χ3n) is 3.23. The van der Waals surface area contributed by atoms with Gasteiger partial charge in [0.2, 0.25) is 5.91 Å². The van der Waals surface area contributed by atoms with Crippen molar-refractivity contribution >= 4 is 11.9 Å². The summed E-state index contributed by atoms with van der Waals surface area (Å²) in [4.78, 5) is 29.6. The second-order valence-corrected chi connectivity index (χ2v) is 5.11. The first kappa shape index (κ1) is 17.5. The molecule has 1 heterocycles. The van der Waals surface area contributed by atoms with E-state index in [1.807, 2.05) is 0 Å². The fourth-order valence-corrected chi connectivity index (χ4v) is 2.10. The molecule has 128 valence electrons. The summed E-state index contributed by atoms with van der Waals surface area (Å²) in [5.74, 6) is -1.93. The summed E-state index contributed by atoms with van der Waals surface area (Å²) in [7, 11) is 0. The van der Waals surface area contributed by atoms with E-state index in [9.17, 15) is 22.8 Å². The van der Waals surface area contributed by atoms with Gasteiger partial charge in [0.05, 0.1) is 18.3 Å². The number of halogens is 3. The highest BCUT2D eigenvalue weighted by atomic mass is 19.4. The van der Waals surface area contributed by atoms with Crippen LogP contribution in [0, 0.1) is 0 Å². The molecule has 0 fully saturated rings. The number of hydrogen-bond acceptors (Lipinski definition) is 3. The smallest absolute Gasteiger partial charge is 0.416 e. The fourth-order valence-electron chi connectivity index (χ4n) is 2.10. The van der Waals surface area contributed by atoms with Crippen LogP contribution in [-0.4, -0.2) is 33.0 Å². The minimum Gasteiger partial charge on any atom is -0.480 e. The van der Waals surface area contributed by atoms with Crippen LogP contribution in [0.3, 0.4) is 0 Å². The highest BCUT2D eigenvalue weighted by molar-refractivity contribution is 5.85. The first-order chi connectivity index (χ1) is 11.3. The van der Waals surface area contributed by atoms with Crippen LogP contribution in [-0.2, 0) is 28.6 Å². The van der Waals surface area contributed by atoms with E-state index in [0.717, 1.165) is 12.1 Å². The Kier molecular flexibility index (Phi) is 5.22. The topological polar surface area (TPSA) is 95.1 Å². The number of hydrogen-bond donors (Lipinski definition) is 3. The number of aromatic amines is 1.